The second kappa shape index (κ2) is 4.88. The Balaban J connectivity index is 2.00. The summed E-state index contributed by atoms with van der Waals surface area (Å²) in [6.45, 7) is 5.35. The first kappa shape index (κ1) is 13.3. The number of amides is 1. The van der Waals surface area contributed by atoms with Gasteiger partial charge in [-0.1, -0.05) is 13.3 Å². The van der Waals surface area contributed by atoms with Gasteiger partial charge in [0.15, 0.2) is 0 Å². The molecule has 2 rings (SSSR count). The maximum atomic E-state index is 12.2. The van der Waals surface area contributed by atoms with Gasteiger partial charge in [-0.3, -0.25) is 9.59 Å². The van der Waals surface area contributed by atoms with E-state index in [1.54, 1.807) is 6.92 Å². The highest BCUT2D eigenvalue weighted by molar-refractivity contribution is 5.82. The molecule has 4 unspecified atom stereocenters. The minimum absolute atomic E-state index is 0.00637. The molecule has 2 aliphatic rings. The molecule has 5 heteroatoms. The molecule has 0 aromatic heterocycles. The summed E-state index contributed by atoms with van der Waals surface area (Å²) in [5, 5.41) is 15.5. The molecule has 0 aromatic rings. The van der Waals surface area contributed by atoms with Gasteiger partial charge in [-0.2, -0.15) is 0 Å². The molecule has 102 valence electrons. The van der Waals surface area contributed by atoms with Crippen LogP contribution in [0.3, 0.4) is 0 Å². The van der Waals surface area contributed by atoms with Crippen LogP contribution >= 0.6 is 0 Å². The van der Waals surface area contributed by atoms with Crippen molar-refractivity contribution in [1.29, 1.82) is 0 Å². The van der Waals surface area contributed by atoms with Crippen molar-refractivity contribution in [3.8, 4) is 0 Å². The summed E-state index contributed by atoms with van der Waals surface area (Å²) in [5.74, 6) is -0.499. The van der Waals surface area contributed by atoms with Crippen molar-refractivity contribution in [2.75, 3.05) is 13.1 Å². The van der Waals surface area contributed by atoms with Crippen LogP contribution in [0, 0.1) is 17.3 Å². The van der Waals surface area contributed by atoms with Crippen LogP contribution in [0.4, 0.5) is 0 Å². The normalized spacial score (nSPS) is 39.8. The number of carboxylic acids is 1. The lowest BCUT2D eigenvalue weighted by molar-refractivity contribution is -0.149. The van der Waals surface area contributed by atoms with Gasteiger partial charge in [0.2, 0.25) is 5.91 Å². The maximum absolute atomic E-state index is 12.2. The molecule has 1 saturated carbocycles. The van der Waals surface area contributed by atoms with Crippen molar-refractivity contribution in [2.45, 2.75) is 39.2 Å². The van der Waals surface area contributed by atoms with Gasteiger partial charge >= 0.3 is 5.97 Å². The van der Waals surface area contributed by atoms with Gasteiger partial charge in [-0.15, -0.1) is 0 Å². The van der Waals surface area contributed by atoms with Crippen molar-refractivity contribution in [3.63, 3.8) is 0 Å². The number of carboxylic acid groups (broad SMARTS) is 1. The van der Waals surface area contributed by atoms with Gasteiger partial charge in [0.25, 0.3) is 0 Å². The number of carbonyl (C=O) groups is 2. The molecular weight excluding hydrogens is 232 g/mol. The predicted molar refractivity (Wildman–Crippen MR) is 67.0 cm³/mol. The van der Waals surface area contributed by atoms with Crippen LogP contribution < -0.4 is 10.6 Å². The summed E-state index contributed by atoms with van der Waals surface area (Å²) in [6.07, 6.45) is 2.28. The molecule has 0 aromatic carbocycles. The Morgan fingerprint density at radius 2 is 2.11 bits per heavy atom. The van der Waals surface area contributed by atoms with E-state index < -0.39 is 11.4 Å². The highest BCUT2D eigenvalue weighted by atomic mass is 16.4. The summed E-state index contributed by atoms with van der Waals surface area (Å²) in [6, 6.07) is -0.227. The third kappa shape index (κ3) is 2.23. The first-order chi connectivity index (χ1) is 8.45. The standard InChI is InChI=1S/C13H22N2O3/c1-8-6-14-7-9(8)11(16)15-10-4-3-5-13(10,2)12(17)18/h8-10,14H,3-7H2,1-2H3,(H,15,16)(H,17,18). The fraction of sp³-hybridized carbons (Fsp3) is 0.846. The van der Waals surface area contributed by atoms with Crippen LogP contribution in [0.25, 0.3) is 0 Å². The van der Waals surface area contributed by atoms with E-state index in [1.807, 2.05) is 0 Å². The number of hydrogen-bond donors (Lipinski definition) is 3. The van der Waals surface area contributed by atoms with Crippen LogP contribution in [-0.4, -0.2) is 36.1 Å². The van der Waals surface area contributed by atoms with E-state index in [4.69, 9.17) is 0 Å². The second-order valence-electron chi connectivity index (χ2n) is 5.92. The molecule has 2 fully saturated rings. The summed E-state index contributed by atoms with van der Waals surface area (Å²) < 4.78 is 0. The van der Waals surface area contributed by atoms with Crippen molar-refractivity contribution in [3.05, 3.63) is 0 Å². The molecule has 1 heterocycles. The van der Waals surface area contributed by atoms with E-state index in [0.29, 0.717) is 18.9 Å². The van der Waals surface area contributed by atoms with Crippen molar-refractivity contribution < 1.29 is 14.7 Å². The number of carbonyl (C=O) groups excluding carboxylic acids is 1. The molecule has 1 aliphatic heterocycles. The third-order valence-corrected chi connectivity index (χ3v) is 4.62. The quantitative estimate of drug-likeness (QED) is 0.689. The van der Waals surface area contributed by atoms with Crippen LogP contribution in [0.5, 0.6) is 0 Å². The molecule has 4 atom stereocenters. The molecule has 5 nitrogen and oxygen atoms in total. The average molecular weight is 254 g/mol. The monoisotopic (exact) mass is 254 g/mol. The van der Waals surface area contributed by atoms with Gasteiger partial charge in [-0.25, -0.2) is 0 Å². The van der Waals surface area contributed by atoms with E-state index in [2.05, 4.69) is 17.6 Å². The summed E-state index contributed by atoms with van der Waals surface area (Å²) in [5.41, 5.74) is -0.801. The predicted octanol–water partition coefficient (Wildman–Crippen LogP) is 0.601. The summed E-state index contributed by atoms with van der Waals surface area (Å²) in [7, 11) is 0. The molecule has 1 amide bonds. The Morgan fingerprint density at radius 3 is 2.67 bits per heavy atom. The van der Waals surface area contributed by atoms with E-state index in [0.717, 1.165) is 19.4 Å². The number of nitrogens with one attached hydrogen (secondary N) is 2. The Kier molecular flexibility index (Phi) is 3.61. The van der Waals surface area contributed by atoms with Gasteiger partial charge in [0.05, 0.1) is 11.3 Å². The molecule has 0 bridgehead atoms. The van der Waals surface area contributed by atoms with Gasteiger partial charge < -0.3 is 15.7 Å². The molecule has 18 heavy (non-hydrogen) atoms. The summed E-state index contributed by atoms with van der Waals surface area (Å²) in [4.78, 5) is 23.5. The molecule has 3 N–H and O–H groups in total. The van der Waals surface area contributed by atoms with Crippen molar-refractivity contribution in [2.24, 2.45) is 17.3 Å². The zero-order chi connectivity index (χ0) is 13.3. The largest absolute Gasteiger partial charge is 0.481 e. The fourth-order valence-electron chi connectivity index (χ4n) is 3.09. The zero-order valence-electron chi connectivity index (χ0n) is 11.0. The smallest absolute Gasteiger partial charge is 0.311 e. The van der Waals surface area contributed by atoms with E-state index in [1.165, 1.54) is 0 Å². The fourth-order valence-corrected chi connectivity index (χ4v) is 3.09. The first-order valence-corrected chi connectivity index (χ1v) is 6.69. The van der Waals surface area contributed by atoms with E-state index in [9.17, 15) is 14.7 Å². The number of hydrogen-bond acceptors (Lipinski definition) is 3. The van der Waals surface area contributed by atoms with Gasteiger partial charge in [0, 0.05) is 12.6 Å². The molecule has 0 radical (unpaired) electrons. The highest BCUT2D eigenvalue weighted by Gasteiger charge is 2.46. The topological polar surface area (TPSA) is 78.4 Å². The molecular formula is C13H22N2O3. The van der Waals surface area contributed by atoms with Crippen LogP contribution in [-0.2, 0) is 9.59 Å². The Bertz CT molecular complexity index is 358. The number of aliphatic carboxylic acids is 1. The van der Waals surface area contributed by atoms with Crippen LogP contribution in [0.1, 0.15) is 33.1 Å². The Morgan fingerprint density at radius 1 is 1.39 bits per heavy atom. The van der Waals surface area contributed by atoms with Crippen molar-refractivity contribution >= 4 is 11.9 Å². The minimum atomic E-state index is -0.803. The number of rotatable bonds is 3. The highest BCUT2D eigenvalue weighted by Crippen LogP contribution is 2.38. The van der Waals surface area contributed by atoms with Gasteiger partial charge in [0.1, 0.15) is 0 Å². The van der Waals surface area contributed by atoms with Crippen LogP contribution in [0.15, 0.2) is 0 Å². The third-order valence-electron chi connectivity index (χ3n) is 4.62. The lowest BCUT2D eigenvalue weighted by Gasteiger charge is -2.29. The van der Waals surface area contributed by atoms with Crippen LogP contribution in [0.2, 0.25) is 0 Å². The molecule has 1 aliphatic carbocycles. The zero-order valence-corrected chi connectivity index (χ0v) is 11.0. The Labute approximate surface area is 107 Å². The molecule has 0 spiro atoms. The maximum Gasteiger partial charge on any atom is 0.311 e. The molecule has 1 saturated heterocycles. The SMILES string of the molecule is CC1CNCC1C(=O)NC1CCCC1(C)C(=O)O. The van der Waals surface area contributed by atoms with Crippen molar-refractivity contribution in [1.82, 2.24) is 10.6 Å². The minimum Gasteiger partial charge on any atom is -0.481 e. The summed E-state index contributed by atoms with van der Waals surface area (Å²) >= 11 is 0. The Hall–Kier alpha value is -1.10. The van der Waals surface area contributed by atoms with E-state index in [-0.39, 0.29) is 17.9 Å². The average Bonchev–Trinajstić information content (AvgIpc) is 2.87. The lowest BCUT2D eigenvalue weighted by Crippen LogP contribution is -2.49. The first-order valence-electron chi connectivity index (χ1n) is 6.69. The van der Waals surface area contributed by atoms with Gasteiger partial charge in [-0.05, 0) is 32.2 Å². The van der Waals surface area contributed by atoms with E-state index >= 15 is 0 Å². The lowest BCUT2D eigenvalue weighted by atomic mass is 9.84. The second-order valence-corrected chi connectivity index (χ2v) is 5.92.